The zero-order valence-electron chi connectivity index (χ0n) is 13.8. The Morgan fingerprint density at radius 2 is 2.17 bits per heavy atom. The van der Waals surface area contributed by atoms with E-state index >= 15 is 0 Å². The molecule has 0 radical (unpaired) electrons. The number of aromatic amines is 1. The number of hydrogen-bond acceptors (Lipinski definition) is 3. The minimum Gasteiger partial charge on any atom is -0.349 e. The Labute approximate surface area is 137 Å². The molecule has 5 heteroatoms. The monoisotopic (exact) mass is 314 g/mol. The first-order valence-corrected chi connectivity index (χ1v) is 8.73. The van der Waals surface area contributed by atoms with Crippen molar-refractivity contribution in [3.05, 3.63) is 30.1 Å². The van der Waals surface area contributed by atoms with Crippen molar-refractivity contribution in [2.75, 3.05) is 19.6 Å². The number of carbonyl (C=O) groups is 1. The van der Waals surface area contributed by atoms with Crippen LogP contribution in [0.4, 0.5) is 0 Å². The van der Waals surface area contributed by atoms with E-state index in [1.807, 2.05) is 18.2 Å². The summed E-state index contributed by atoms with van der Waals surface area (Å²) in [5.41, 5.74) is 2.32. The van der Waals surface area contributed by atoms with Crippen molar-refractivity contribution >= 4 is 16.9 Å². The molecule has 0 aliphatic carbocycles. The number of fused-ring (bicyclic) bond motifs is 1. The van der Waals surface area contributed by atoms with Gasteiger partial charge in [-0.05, 0) is 37.9 Å². The summed E-state index contributed by atoms with van der Waals surface area (Å²) in [7, 11) is 0. The Balaban J connectivity index is 1.52. The van der Waals surface area contributed by atoms with Gasteiger partial charge in [0.1, 0.15) is 5.52 Å². The van der Waals surface area contributed by atoms with Crippen LogP contribution in [-0.2, 0) is 0 Å². The number of carbonyl (C=O) groups excluding carboxylic acids is 1. The zero-order valence-corrected chi connectivity index (χ0v) is 13.8. The molecule has 2 heterocycles. The van der Waals surface area contributed by atoms with Gasteiger partial charge in [-0.2, -0.15) is 0 Å². The number of imidazole rings is 1. The molecule has 1 amide bonds. The molecule has 0 unspecified atom stereocenters. The van der Waals surface area contributed by atoms with Crippen molar-refractivity contribution in [3.63, 3.8) is 0 Å². The number of H-pyrrole nitrogens is 1. The van der Waals surface area contributed by atoms with E-state index in [2.05, 4.69) is 27.1 Å². The van der Waals surface area contributed by atoms with Crippen molar-refractivity contribution in [1.29, 1.82) is 0 Å². The molecule has 2 N–H and O–H groups in total. The standard InChI is InChI=1S/C18H26N4O/c1-2-3-4-10-22-11-8-14(9-12-22)21-18(23)15-6-5-7-16-17(15)20-13-19-16/h5-7,13-14H,2-4,8-12H2,1H3,(H,19,20)(H,21,23). The Morgan fingerprint density at radius 1 is 1.35 bits per heavy atom. The topological polar surface area (TPSA) is 61.0 Å². The zero-order chi connectivity index (χ0) is 16.1. The van der Waals surface area contributed by atoms with Crippen LogP contribution in [-0.4, -0.2) is 46.5 Å². The van der Waals surface area contributed by atoms with Crippen LogP contribution in [0.3, 0.4) is 0 Å². The number of amides is 1. The molecule has 2 aromatic rings. The van der Waals surface area contributed by atoms with Gasteiger partial charge in [-0.15, -0.1) is 0 Å². The highest BCUT2D eigenvalue weighted by atomic mass is 16.1. The third-order valence-corrected chi connectivity index (χ3v) is 4.70. The molecule has 1 aromatic heterocycles. The third kappa shape index (κ3) is 3.91. The van der Waals surface area contributed by atoms with Crippen LogP contribution in [0.15, 0.2) is 24.5 Å². The second kappa shape index (κ2) is 7.59. The Bertz CT molecular complexity index is 643. The van der Waals surface area contributed by atoms with Crippen molar-refractivity contribution in [3.8, 4) is 0 Å². The van der Waals surface area contributed by atoms with Gasteiger partial charge in [0, 0.05) is 19.1 Å². The number of hydrogen-bond donors (Lipinski definition) is 2. The van der Waals surface area contributed by atoms with E-state index in [0.717, 1.165) is 37.0 Å². The fourth-order valence-corrected chi connectivity index (χ4v) is 3.30. The number of unbranched alkanes of at least 4 members (excludes halogenated alkanes) is 2. The smallest absolute Gasteiger partial charge is 0.253 e. The second-order valence-electron chi connectivity index (χ2n) is 6.40. The average Bonchev–Trinajstić information content (AvgIpc) is 3.05. The number of nitrogens with zero attached hydrogens (tertiary/aromatic N) is 2. The fraction of sp³-hybridized carbons (Fsp3) is 0.556. The summed E-state index contributed by atoms with van der Waals surface area (Å²) in [6.45, 7) is 5.60. The number of nitrogens with one attached hydrogen (secondary N) is 2. The number of para-hydroxylation sites is 1. The first kappa shape index (κ1) is 16.0. The van der Waals surface area contributed by atoms with Gasteiger partial charge in [-0.1, -0.05) is 25.8 Å². The Morgan fingerprint density at radius 3 is 2.96 bits per heavy atom. The normalized spacial score (nSPS) is 16.7. The average molecular weight is 314 g/mol. The van der Waals surface area contributed by atoms with Crippen molar-refractivity contribution < 1.29 is 4.79 Å². The molecule has 3 rings (SSSR count). The summed E-state index contributed by atoms with van der Waals surface area (Å²) >= 11 is 0. The summed E-state index contributed by atoms with van der Waals surface area (Å²) in [6.07, 6.45) is 7.57. The van der Waals surface area contributed by atoms with E-state index in [1.54, 1.807) is 6.33 Å². The lowest BCUT2D eigenvalue weighted by molar-refractivity contribution is 0.0912. The molecule has 0 saturated carbocycles. The van der Waals surface area contributed by atoms with Crippen LogP contribution >= 0.6 is 0 Å². The van der Waals surface area contributed by atoms with Gasteiger partial charge >= 0.3 is 0 Å². The van der Waals surface area contributed by atoms with Gasteiger partial charge in [-0.25, -0.2) is 4.98 Å². The molecular formula is C18H26N4O. The summed E-state index contributed by atoms with van der Waals surface area (Å²) in [6, 6.07) is 5.96. The molecule has 23 heavy (non-hydrogen) atoms. The molecule has 0 spiro atoms. The van der Waals surface area contributed by atoms with Crippen molar-refractivity contribution in [2.45, 2.75) is 45.1 Å². The molecule has 1 aromatic carbocycles. The molecule has 124 valence electrons. The molecular weight excluding hydrogens is 288 g/mol. The van der Waals surface area contributed by atoms with Gasteiger partial charge < -0.3 is 15.2 Å². The lowest BCUT2D eigenvalue weighted by atomic mass is 10.0. The molecule has 1 fully saturated rings. The van der Waals surface area contributed by atoms with Gasteiger partial charge in [0.15, 0.2) is 0 Å². The first-order chi connectivity index (χ1) is 11.3. The van der Waals surface area contributed by atoms with Crippen LogP contribution in [0.25, 0.3) is 11.0 Å². The number of piperidine rings is 1. The molecule has 1 saturated heterocycles. The Kier molecular flexibility index (Phi) is 5.28. The van der Waals surface area contributed by atoms with Gasteiger partial charge in [0.2, 0.25) is 0 Å². The first-order valence-electron chi connectivity index (χ1n) is 8.73. The van der Waals surface area contributed by atoms with E-state index in [-0.39, 0.29) is 11.9 Å². The fourth-order valence-electron chi connectivity index (χ4n) is 3.30. The largest absolute Gasteiger partial charge is 0.349 e. The Hall–Kier alpha value is -1.88. The maximum Gasteiger partial charge on any atom is 0.253 e. The van der Waals surface area contributed by atoms with Crippen LogP contribution in [0.2, 0.25) is 0 Å². The summed E-state index contributed by atoms with van der Waals surface area (Å²) in [4.78, 5) is 22.4. The van der Waals surface area contributed by atoms with Gasteiger partial charge in [0.05, 0.1) is 17.4 Å². The summed E-state index contributed by atoms with van der Waals surface area (Å²) in [5, 5.41) is 3.19. The van der Waals surface area contributed by atoms with E-state index in [0.29, 0.717) is 5.56 Å². The van der Waals surface area contributed by atoms with Crippen LogP contribution < -0.4 is 5.32 Å². The maximum absolute atomic E-state index is 12.5. The predicted molar refractivity (Wildman–Crippen MR) is 92.5 cm³/mol. The highest BCUT2D eigenvalue weighted by Crippen LogP contribution is 2.16. The number of likely N-dealkylation sites (tertiary alicyclic amines) is 1. The van der Waals surface area contributed by atoms with Crippen molar-refractivity contribution in [1.82, 2.24) is 20.2 Å². The van der Waals surface area contributed by atoms with Crippen LogP contribution in [0.1, 0.15) is 49.4 Å². The third-order valence-electron chi connectivity index (χ3n) is 4.70. The lowest BCUT2D eigenvalue weighted by Crippen LogP contribution is -2.44. The molecule has 1 aliphatic heterocycles. The SMILES string of the molecule is CCCCCN1CCC(NC(=O)c2cccc3[nH]cnc23)CC1. The van der Waals surface area contributed by atoms with E-state index in [1.165, 1.54) is 25.8 Å². The summed E-state index contributed by atoms with van der Waals surface area (Å²) in [5.74, 6) is -0.00728. The molecule has 0 atom stereocenters. The number of benzene rings is 1. The lowest BCUT2D eigenvalue weighted by Gasteiger charge is -2.32. The second-order valence-corrected chi connectivity index (χ2v) is 6.40. The van der Waals surface area contributed by atoms with E-state index in [9.17, 15) is 4.79 Å². The highest BCUT2D eigenvalue weighted by molar-refractivity contribution is 6.04. The highest BCUT2D eigenvalue weighted by Gasteiger charge is 2.21. The van der Waals surface area contributed by atoms with Crippen LogP contribution in [0.5, 0.6) is 0 Å². The predicted octanol–water partition coefficient (Wildman–Crippen LogP) is 2.95. The van der Waals surface area contributed by atoms with Crippen LogP contribution in [0, 0.1) is 0 Å². The van der Waals surface area contributed by atoms with E-state index in [4.69, 9.17) is 0 Å². The van der Waals surface area contributed by atoms with Crippen molar-refractivity contribution in [2.24, 2.45) is 0 Å². The minimum atomic E-state index is -0.00728. The molecule has 5 nitrogen and oxygen atoms in total. The molecule has 1 aliphatic rings. The minimum absolute atomic E-state index is 0.00728. The number of aromatic nitrogens is 2. The van der Waals surface area contributed by atoms with E-state index < -0.39 is 0 Å². The quantitative estimate of drug-likeness (QED) is 0.806. The molecule has 0 bridgehead atoms. The van der Waals surface area contributed by atoms with Gasteiger partial charge in [-0.3, -0.25) is 4.79 Å². The maximum atomic E-state index is 12.5. The van der Waals surface area contributed by atoms with Gasteiger partial charge in [0.25, 0.3) is 5.91 Å². The number of rotatable bonds is 6. The summed E-state index contributed by atoms with van der Waals surface area (Å²) < 4.78 is 0.